The predicted octanol–water partition coefficient (Wildman–Crippen LogP) is 2.78. The summed E-state index contributed by atoms with van der Waals surface area (Å²) in [6, 6.07) is 11.3. The van der Waals surface area contributed by atoms with E-state index in [-0.39, 0.29) is 24.9 Å². The third-order valence-electron chi connectivity index (χ3n) is 1.52. The van der Waals surface area contributed by atoms with Crippen molar-refractivity contribution in [2.24, 2.45) is 0 Å². The van der Waals surface area contributed by atoms with Crippen LogP contribution in [0.4, 0.5) is 0 Å². The Hall–Kier alpha value is -0.157. The summed E-state index contributed by atoms with van der Waals surface area (Å²) in [7, 11) is 0. The van der Waals surface area contributed by atoms with E-state index in [9.17, 15) is 0 Å². The Labute approximate surface area is 81.8 Å². The fraction of sp³-hybridized carbons (Fsp3) is 0.400. The van der Waals surface area contributed by atoms with Crippen LogP contribution >= 0.6 is 0 Å². The molecule has 1 rings (SSSR count). The van der Waals surface area contributed by atoms with Crippen molar-refractivity contribution in [1.29, 1.82) is 0 Å². The van der Waals surface area contributed by atoms with Crippen molar-refractivity contribution in [1.82, 2.24) is 0 Å². The number of hydrogen-bond acceptors (Lipinski definition) is 0. The molecule has 0 saturated heterocycles. The molecule has 0 saturated carbocycles. The molecular formula is C10H13Zn-. The van der Waals surface area contributed by atoms with Crippen LogP contribution in [0.5, 0.6) is 0 Å². The van der Waals surface area contributed by atoms with Crippen LogP contribution in [-0.2, 0) is 24.9 Å². The van der Waals surface area contributed by atoms with Gasteiger partial charge in [0.25, 0.3) is 0 Å². The SMILES string of the molecule is CC(C)(C)c1[c-]cccc1.[Zn]. The largest absolute Gasteiger partial charge is 0.180 e. The van der Waals surface area contributed by atoms with E-state index in [1.54, 1.807) is 0 Å². The Balaban J connectivity index is 0.000001000. The number of hydrogen-bond donors (Lipinski definition) is 0. The van der Waals surface area contributed by atoms with Crippen molar-refractivity contribution in [3.63, 3.8) is 0 Å². The van der Waals surface area contributed by atoms with E-state index in [0.29, 0.717) is 0 Å². The maximum Gasteiger partial charge on any atom is 0 e. The van der Waals surface area contributed by atoms with Gasteiger partial charge in [0.15, 0.2) is 0 Å². The standard InChI is InChI=1S/C10H13.Zn/c1-10(2,3)9-7-5-4-6-8-9;/h4-7H,1-3H3;/q-1;. The first-order valence-corrected chi connectivity index (χ1v) is 3.58. The molecule has 0 unspecified atom stereocenters. The van der Waals surface area contributed by atoms with Gasteiger partial charge < -0.3 is 0 Å². The van der Waals surface area contributed by atoms with E-state index >= 15 is 0 Å². The Morgan fingerprint density at radius 3 is 2.09 bits per heavy atom. The van der Waals surface area contributed by atoms with Crippen LogP contribution in [0.15, 0.2) is 24.3 Å². The van der Waals surface area contributed by atoms with E-state index in [1.165, 1.54) is 5.56 Å². The molecule has 11 heavy (non-hydrogen) atoms. The van der Waals surface area contributed by atoms with Gasteiger partial charge in [0.05, 0.1) is 0 Å². The molecule has 0 N–H and O–H groups in total. The molecule has 1 aromatic carbocycles. The van der Waals surface area contributed by atoms with Crippen molar-refractivity contribution >= 4 is 0 Å². The second-order valence-electron chi connectivity index (χ2n) is 3.53. The van der Waals surface area contributed by atoms with Gasteiger partial charge in [0.1, 0.15) is 0 Å². The van der Waals surface area contributed by atoms with E-state index in [4.69, 9.17) is 0 Å². The Morgan fingerprint density at radius 2 is 1.82 bits per heavy atom. The van der Waals surface area contributed by atoms with Crippen LogP contribution in [0.3, 0.4) is 0 Å². The van der Waals surface area contributed by atoms with Gasteiger partial charge in [-0.15, -0.1) is 0 Å². The minimum absolute atomic E-state index is 0. The molecule has 0 amide bonds. The molecular weight excluding hydrogens is 185 g/mol. The first kappa shape index (κ1) is 10.8. The molecule has 0 aliphatic heterocycles. The van der Waals surface area contributed by atoms with Gasteiger partial charge in [-0.25, -0.2) is 0 Å². The molecule has 0 aliphatic carbocycles. The molecule has 0 aromatic heterocycles. The van der Waals surface area contributed by atoms with Crippen molar-refractivity contribution in [2.45, 2.75) is 26.2 Å². The number of benzene rings is 1. The van der Waals surface area contributed by atoms with Crippen molar-refractivity contribution in [2.75, 3.05) is 0 Å². The van der Waals surface area contributed by atoms with Gasteiger partial charge in [0.2, 0.25) is 0 Å². The summed E-state index contributed by atoms with van der Waals surface area (Å²) in [5.41, 5.74) is 1.51. The average molecular weight is 199 g/mol. The molecule has 0 spiro atoms. The smallest absolute Gasteiger partial charge is 0 e. The van der Waals surface area contributed by atoms with Crippen molar-refractivity contribution in [3.05, 3.63) is 35.9 Å². The molecule has 1 aromatic rings. The third kappa shape index (κ3) is 3.16. The zero-order valence-electron chi connectivity index (χ0n) is 7.52. The van der Waals surface area contributed by atoms with Crippen LogP contribution in [0.25, 0.3) is 0 Å². The van der Waals surface area contributed by atoms with E-state index < -0.39 is 0 Å². The Bertz CT molecular complexity index is 196. The quantitative estimate of drug-likeness (QED) is 0.444. The van der Waals surface area contributed by atoms with Gasteiger partial charge >= 0.3 is 0 Å². The zero-order valence-corrected chi connectivity index (χ0v) is 10.5. The summed E-state index contributed by atoms with van der Waals surface area (Å²) >= 11 is 0. The molecule has 0 nitrogen and oxygen atoms in total. The van der Waals surface area contributed by atoms with E-state index in [1.807, 2.05) is 12.1 Å². The second kappa shape index (κ2) is 4.02. The summed E-state index contributed by atoms with van der Waals surface area (Å²) in [5, 5.41) is 0. The van der Waals surface area contributed by atoms with E-state index in [0.717, 1.165) is 0 Å². The maximum atomic E-state index is 3.21. The van der Waals surface area contributed by atoms with Gasteiger partial charge in [-0.3, -0.25) is 0 Å². The van der Waals surface area contributed by atoms with Gasteiger partial charge in [-0.05, 0) is 5.41 Å². The molecule has 1 heteroatoms. The minimum Gasteiger partial charge on any atom is -0.180 e. The Kier molecular flexibility index (Phi) is 3.96. The van der Waals surface area contributed by atoms with Crippen molar-refractivity contribution < 1.29 is 19.5 Å². The summed E-state index contributed by atoms with van der Waals surface area (Å²) in [4.78, 5) is 0. The summed E-state index contributed by atoms with van der Waals surface area (Å²) in [6.45, 7) is 6.58. The topological polar surface area (TPSA) is 0 Å². The summed E-state index contributed by atoms with van der Waals surface area (Å²) < 4.78 is 0. The fourth-order valence-electron chi connectivity index (χ4n) is 0.860. The molecule has 0 aliphatic rings. The van der Waals surface area contributed by atoms with Gasteiger partial charge in [-0.1, -0.05) is 20.8 Å². The zero-order chi connectivity index (χ0) is 7.61. The number of rotatable bonds is 0. The van der Waals surface area contributed by atoms with Crippen LogP contribution in [-0.4, -0.2) is 0 Å². The summed E-state index contributed by atoms with van der Waals surface area (Å²) in [6.07, 6.45) is 0. The van der Waals surface area contributed by atoms with Crippen LogP contribution in [0.1, 0.15) is 26.3 Å². The minimum atomic E-state index is 0. The molecule has 0 bridgehead atoms. The monoisotopic (exact) mass is 197 g/mol. The third-order valence-corrected chi connectivity index (χ3v) is 1.52. The first-order chi connectivity index (χ1) is 4.61. The molecule has 56 valence electrons. The van der Waals surface area contributed by atoms with Crippen LogP contribution in [0, 0.1) is 6.07 Å². The molecule has 0 heterocycles. The van der Waals surface area contributed by atoms with Crippen LogP contribution in [0.2, 0.25) is 0 Å². The van der Waals surface area contributed by atoms with Crippen molar-refractivity contribution in [3.8, 4) is 0 Å². The maximum absolute atomic E-state index is 3.21. The fourth-order valence-corrected chi connectivity index (χ4v) is 0.860. The molecule has 0 radical (unpaired) electrons. The van der Waals surface area contributed by atoms with E-state index in [2.05, 4.69) is 39.0 Å². The normalized spacial score (nSPS) is 10.5. The Morgan fingerprint density at radius 1 is 1.18 bits per heavy atom. The first-order valence-electron chi connectivity index (χ1n) is 3.58. The van der Waals surface area contributed by atoms with Crippen LogP contribution < -0.4 is 0 Å². The summed E-state index contributed by atoms with van der Waals surface area (Å²) in [5.74, 6) is 0. The average Bonchev–Trinajstić information content (AvgIpc) is 1.88. The molecule has 0 atom stereocenters. The molecule has 0 fully saturated rings. The predicted molar refractivity (Wildman–Crippen MR) is 44.0 cm³/mol. The second-order valence-corrected chi connectivity index (χ2v) is 3.53. The van der Waals surface area contributed by atoms with Gasteiger partial charge in [-0.2, -0.15) is 35.9 Å². The van der Waals surface area contributed by atoms with Gasteiger partial charge in [0, 0.05) is 19.5 Å².